The highest BCUT2D eigenvalue weighted by atomic mass is 35.5. The Bertz CT molecular complexity index is 885. The van der Waals surface area contributed by atoms with E-state index < -0.39 is 10.0 Å². The highest BCUT2D eigenvalue weighted by molar-refractivity contribution is 7.99. The molecule has 0 atom stereocenters. The number of carbonyl (C=O) groups is 1. The summed E-state index contributed by atoms with van der Waals surface area (Å²) in [4.78, 5) is 20.2. The highest BCUT2D eigenvalue weighted by Crippen LogP contribution is 2.23. The number of thioether (sulfide) groups is 1. The fourth-order valence-electron chi connectivity index (χ4n) is 2.49. The first kappa shape index (κ1) is 19.1. The van der Waals surface area contributed by atoms with Gasteiger partial charge in [-0.05, 0) is 37.1 Å². The largest absolute Gasteiger partial charge is 0.323 e. The summed E-state index contributed by atoms with van der Waals surface area (Å²) in [5, 5.41) is 3.46. The van der Waals surface area contributed by atoms with E-state index in [0.29, 0.717) is 23.8 Å². The molecule has 26 heavy (non-hydrogen) atoms. The van der Waals surface area contributed by atoms with E-state index in [1.165, 1.54) is 34.5 Å². The maximum Gasteiger partial charge on any atom is 0.244 e. The Kier molecular flexibility index (Phi) is 6.13. The Labute approximate surface area is 161 Å². The summed E-state index contributed by atoms with van der Waals surface area (Å²) >= 11 is 7.10. The first-order valence-corrected chi connectivity index (χ1v) is 10.8. The van der Waals surface area contributed by atoms with Gasteiger partial charge in [0.15, 0.2) is 5.15 Å². The van der Waals surface area contributed by atoms with Crippen LogP contribution in [-0.4, -0.2) is 47.4 Å². The number of rotatable bonds is 6. The van der Waals surface area contributed by atoms with E-state index >= 15 is 0 Å². The maximum absolute atomic E-state index is 12.4. The van der Waals surface area contributed by atoms with E-state index in [0.717, 1.165) is 12.8 Å². The molecule has 3 rings (SSSR count). The lowest BCUT2D eigenvalue weighted by atomic mass is 10.4. The van der Waals surface area contributed by atoms with Crippen LogP contribution in [0.4, 0.5) is 5.69 Å². The molecule has 2 aromatic rings. The number of anilines is 1. The van der Waals surface area contributed by atoms with Gasteiger partial charge in [0.25, 0.3) is 0 Å². The molecule has 1 aliphatic rings. The number of hydrogen-bond acceptors (Lipinski definition) is 6. The fourth-order valence-corrected chi connectivity index (χ4v) is 4.76. The molecule has 2 aromatic heterocycles. The number of amides is 1. The lowest BCUT2D eigenvalue weighted by Crippen LogP contribution is -2.27. The van der Waals surface area contributed by atoms with Crippen molar-refractivity contribution >= 4 is 45.0 Å². The predicted molar refractivity (Wildman–Crippen MR) is 101 cm³/mol. The van der Waals surface area contributed by atoms with Crippen molar-refractivity contribution in [1.82, 2.24) is 14.3 Å². The Hall–Kier alpha value is -1.68. The average molecular weight is 413 g/mol. The van der Waals surface area contributed by atoms with Crippen LogP contribution in [0.15, 0.2) is 46.6 Å². The van der Waals surface area contributed by atoms with Crippen LogP contribution in [0.2, 0.25) is 5.15 Å². The quantitative estimate of drug-likeness (QED) is 0.579. The minimum absolute atomic E-state index is 0.121. The smallest absolute Gasteiger partial charge is 0.244 e. The van der Waals surface area contributed by atoms with Gasteiger partial charge in [-0.15, -0.1) is 0 Å². The zero-order valence-electron chi connectivity index (χ0n) is 13.8. The molecule has 1 amide bonds. The molecule has 0 aliphatic carbocycles. The SMILES string of the molecule is O=C(CSc1ccc(S(=O)(=O)N2CCCC2)cn1)Nc1cccnc1Cl. The Morgan fingerprint density at radius 3 is 2.65 bits per heavy atom. The topological polar surface area (TPSA) is 92.3 Å². The van der Waals surface area contributed by atoms with Crippen molar-refractivity contribution in [1.29, 1.82) is 0 Å². The number of pyridine rings is 2. The van der Waals surface area contributed by atoms with Gasteiger partial charge in [-0.25, -0.2) is 18.4 Å². The van der Waals surface area contributed by atoms with Crippen molar-refractivity contribution in [2.45, 2.75) is 22.8 Å². The van der Waals surface area contributed by atoms with Gasteiger partial charge in [-0.1, -0.05) is 23.4 Å². The highest BCUT2D eigenvalue weighted by Gasteiger charge is 2.27. The molecule has 0 saturated carbocycles. The molecule has 1 aliphatic heterocycles. The van der Waals surface area contributed by atoms with Gasteiger partial charge >= 0.3 is 0 Å². The normalized spacial score (nSPS) is 15.1. The van der Waals surface area contributed by atoms with Gasteiger partial charge in [0.05, 0.1) is 16.5 Å². The second-order valence-corrected chi connectivity index (χ2v) is 8.91. The van der Waals surface area contributed by atoms with E-state index in [-0.39, 0.29) is 21.7 Å². The molecule has 0 unspecified atom stereocenters. The van der Waals surface area contributed by atoms with Crippen molar-refractivity contribution in [2.75, 3.05) is 24.2 Å². The van der Waals surface area contributed by atoms with Crippen LogP contribution in [0, 0.1) is 0 Å². The lowest BCUT2D eigenvalue weighted by molar-refractivity contribution is -0.113. The average Bonchev–Trinajstić information content (AvgIpc) is 3.18. The molecule has 1 fully saturated rings. The second-order valence-electron chi connectivity index (χ2n) is 5.62. The van der Waals surface area contributed by atoms with Crippen LogP contribution in [0.5, 0.6) is 0 Å². The zero-order valence-corrected chi connectivity index (χ0v) is 16.1. The molecule has 0 spiro atoms. The molecule has 0 bridgehead atoms. The monoisotopic (exact) mass is 412 g/mol. The number of halogens is 1. The minimum atomic E-state index is -3.47. The standard InChI is InChI=1S/C16H17ClN4O3S2/c17-16-13(4-3-7-18-16)20-14(22)11-25-15-6-5-12(10-19-15)26(23,24)21-8-1-2-9-21/h3-7,10H,1-2,8-9,11H2,(H,20,22). The summed E-state index contributed by atoms with van der Waals surface area (Å²) in [5.74, 6) is -0.128. The first-order valence-electron chi connectivity index (χ1n) is 7.96. The van der Waals surface area contributed by atoms with Crippen molar-refractivity contribution in [3.63, 3.8) is 0 Å². The second kappa shape index (κ2) is 8.34. The van der Waals surface area contributed by atoms with Crippen LogP contribution in [0.1, 0.15) is 12.8 Å². The zero-order chi connectivity index (χ0) is 18.6. The van der Waals surface area contributed by atoms with Gasteiger partial charge in [-0.2, -0.15) is 4.31 Å². The summed E-state index contributed by atoms with van der Waals surface area (Å²) in [6.07, 6.45) is 4.65. The number of hydrogen-bond donors (Lipinski definition) is 1. The summed E-state index contributed by atoms with van der Waals surface area (Å²) in [6.45, 7) is 1.10. The van der Waals surface area contributed by atoms with Gasteiger partial charge in [0.2, 0.25) is 15.9 Å². The third kappa shape index (κ3) is 4.53. The summed E-state index contributed by atoms with van der Waals surface area (Å²) in [5.41, 5.74) is 0.444. The Morgan fingerprint density at radius 2 is 2.00 bits per heavy atom. The van der Waals surface area contributed by atoms with Crippen molar-refractivity contribution in [3.05, 3.63) is 41.8 Å². The van der Waals surface area contributed by atoms with Gasteiger partial charge < -0.3 is 5.32 Å². The number of aromatic nitrogens is 2. The Balaban J connectivity index is 1.57. The van der Waals surface area contributed by atoms with Crippen molar-refractivity contribution < 1.29 is 13.2 Å². The van der Waals surface area contributed by atoms with E-state index in [2.05, 4.69) is 15.3 Å². The summed E-state index contributed by atoms with van der Waals surface area (Å²) in [7, 11) is -3.47. The fraction of sp³-hybridized carbons (Fsp3) is 0.312. The molecule has 7 nitrogen and oxygen atoms in total. The molecular weight excluding hydrogens is 396 g/mol. The van der Waals surface area contributed by atoms with Crippen molar-refractivity contribution in [2.24, 2.45) is 0 Å². The van der Waals surface area contributed by atoms with Crippen LogP contribution in [0.3, 0.4) is 0 Å². The van der Waals surface area contributed by atoms with Gasteiger partial charge in [-0.3, -0.25) is 4.79 Å². The number of nitrogens with zero attached hydrogens (tertiary/aromatic N) is 3. The molecule has 1 saturated heterocycles. The predicted octanol–water partition coefficient (Wildman–Crippen LogP) is 2.65. The minimum Gasteiger partial charge on any atom is -0.323 e. The third-order valence-corrected chi connectivity index (χ3v) is 6.92. The summed E-state index contributed by atoms with van der Waals surface area (Å²) < 4.78 is 26.4. The van der Waals surface area contributed by atoms with E-state index in [9.17, 15) is 13.2 Å². The van der Waals surface area contributed by atoms with Crippen LogP contribution in [0.25, 0.3) is 0 Å². The van der Waals surface area contributed by atoms with E-state index in [1.54, 1.807) is 18.2 Å². The van der Waals surface area contributed by atoms with Gasteiger partial charge in [0.1, 0.15) is 4.90 Å². The lowest BCUT2D eigenvalue weighted by Gasteiger charge is -2.15. The molecular formula is C16H17ClN4O3S2. The molecule has 10 heteroatoms. The van der Waals surface area contributed by atoms with E-state index in [1.807, 2.05) is 0 Å². The number of sulfonamides is 1. The number of carbonyl (C=O) groups excluding carboxylic acids is 1. The summed E-state index contributed by atoms with van der Waals surface area (Å²) in [6, 6.07) is 6.47. The molecule has 0 radical (unpaired) electrons. The molecule has 138 valence electrons. The van der Waals surface area contributed by atoms with Crippen molar-refractivity contribution in [3.8, 4) is 0 Å². The maximum atomic E-state index is 12.4. The number of nitrogens with one attached hydrogen (secondary N) is 1. The van der Waals surface area contributed by atoms with Crippen LogP contribution < -0.4 is 5.32 Å². The first-order chi connectivity index (χ1) is 12.5. The third-order valence-electron chi connectivity index (χ3n) is 3.80. The Morgan fingerprint density at radius 1 is 1.23 bits per heavy atom. The van der Waals surface area contributed by atoms with Crippen LogP contribution in [-0.2, 0) is 14.8 Å². The van der Waals surface area contributed by atoms with E-state index in [4.69, 9.17) is 11.6 Å². The molecule has 1 N–H and O–H groups in total. The van der Waals surface area contributed by atoms with Crippen LogP contribution >= 0.6 is 23.4 Å². The molecule has 3 heterocycles. The molecule has 0 aromatic carbocycles. The van der Waals surface area contributed by atoms with Gasteiger partial charge in [0, 0.05) is 25.5 Å².